The maximum atomic E-state index is 12.0. The summed E-state index contributed by atoms with van der Waals surface area (Å²) in [6, 6.07) is 3.73. The molecular weight excluding hydrogens is 256 g/mol. The number of nitrogen functional groups attached to an aromatic ring is 1. The number of hydrogen-bond donors (Lipinski definition) is 2. The van der Waals surface area contributed by atoms with Crippen molar-refractivity contribution in [3.05, 3.63) is 35.5 Å². The third-order valence-electron chi connectivity index (χ3n) is 3.23. The Hall–Kier alpha value is -2.24. The summed E-state index contributed by atoms with van der Waals surface area (Å²) in [5, 5.41) is 7.17. The molecular formula is C14H20N4O2. The van der Waals surface area contributed by atoms with Gasteiger partial charge in [0, 0.05) is 12.5 Å². The molecule has 0 fully saturated rings. The first-order chi connectivity index (χ1) is 9.47. The second-order valence-electron chi connectivity index (χ2n) is 4.99. The number of amides is 1. The van der Waals surface area contributed by atoms with E-state index in [-0.39, 0.29) is 18.5 Å². The standard InChI is InChI=1S/C14H20N4O2/c1-9(7-12-5-4-6-20-12)16-13(19)8-18-11(3)14(15)10(2)17-18/h4-6,9H,7-8,15H2,1-3H3,(H,16,19). The first-order valence-corrected chi connectivity index (χ1v) is 6.58. The number of hydrogen-bond acceptors (Lipinski definition) is 4. The summed E-state index contributed by atoms with van der Waals surface area (Å²) < 4.78 is 6.88. The van der Waals surface area contributed by atoms with Crippen molar-refractivity contribution < 1.29 is 9.21 Å². The van der Waals surface area contributed by atoms with Crippen LogP contribution in [0, 0.1) is 13.8 Å². The molecule has 0 aliphatic rings. The van der Waals surface area contributed by atoms with Crippen molar-refractivity contribution in [2.45, 2.75) is 39.8 Å². The third kappa shape index (κ3) is 3.20. The van der Waals surface area contributed by atoms with Gasteiger partial charge in [0.2, 0.25) is 5.91 Å². The van der Waals surface area contributed by atoms with Crippen molar-refractivity contribution in [2.75, 3.05) is 5.73 Å². The van der Waals surface area contributed by atoms with Crippen LogP contribution in [-0.2, 0) is 17.8 Å². The average Bonchev–Trinajstić information content (AvgIpc) is 2.95. The molecule has 0 bridgehead atoms. The zero-order chi connectivity index (χ0) is 14.7. The van der Waals surface area contributed by atoms with E-state index in [1.54, 1.807) is 10.9 Å². The molecule has 1 atom stereocenters. The fourth-order valence-electron chi connectivity index (χ4n) is 2.10. The van der Waals surface area contributed by atoms with Crippen molar-refractivity contribution in [1.29, 1.82) is 0 Å². The maximum absolute atomic E-state index is 12.0. The largest absolute Gasteiger partial charge is 0.469 e. The van der Waals surface area contributed by atoms with Crippen molar-refractivity contribution in [2.24, 2.45) is 0 Å². The predicted octanol–water partition coefficient (Wildman–Crippen LogP) is 1.42. The van der Waals surface area contributed by atoms with Crippen LogP contribution in [0.1, 0.15) is 24.1 Å². The molecule has 0 aliphatic heterocycles. The van der Waals surface area contributed by atoms with Gasteiger partial charge in [-0.3, -0.25) is 9.48 Å². The number of aryl methyl sites for hydroxylation is 1. The first kappa shape index (κ1) is 14.2. The minimum absolute atomic E-state index is 0.00274. The summed E-state index contributed by atoms with van der Waals surface area (Å²) in [5.41, 5.74) is 8.05. The molecule has 1 amide bonds. The SMILES string of the molecule is Cc1nn(CC(=O)NC(C)Cc2ccco2)c(C)c1N. The van der Waals surface area contributed by atoms with Crippen LogP contribution in [0.15, 0.2) is 22.8 Å². The molecule has 2 heterocycles. The smallest absolute Gasteiger partial charge is 0.241 e. The van der Waals surface area contributed by atoms with Crippen LogP contribution in [-0.4, -0.2) is 21.7 Å². The summed E-state index contributed by atoms with van der Waals surface area (Å²) >= 11 is 0. The normalized spacial score (nSPS) is 12.3. The van der Waals surface area contributed by atoms with Gasteiger partial charge >= 0.3 is 0 Å². The van der Waals surface area contributed by atoms with Gasteiger partial charge in [-0.05, 0) is 32.9 Å². The highest BCUT2D eigenvalue weighted by molar-refractivity contribution is 5.76. The lowest BCUT2D eigenvalue weighted by Crippen LogP contribution is -2.36. The van der Waals surface area contributed by atoms with E-state index in [2.05, 4.69) is 10.4 Å². The van der Waals surface area contributed by atoms with E-state index in [1.807, 2.05) is 32.9 Å². The molecule has 0 aliphatic carbocycles. The van der Waals surface area contributed by atoms with E-state index in [1.165, 1.54) is 0 Å². The number of nitrogens with one attached hydrogen (secondary N) is 1. The van der Waals surface area contributed by atoms with Gasteiger partial charge in [-0.25, -0.2) is 0 Å². The second-order valence-corrected chi connectivity index (χ2v) is 4.99. The van der Waals surface area contributed by atoms with E-state index in [0.717, 1.165) is 17.1 Å². The van der Waals surface area contributed by atoms with Gasteiger partial charge in [-0.2, -0.15) is 5.10 Å². The molecule has 108 valence electrons. The van der Waals surface area contributed by atoms with Crippen LogP contribution in [0.2, 0.25) is 0 Å². The molecule has 1 unspecified atom stereocenters. The van der Waals surface area contributed by atoms with Gasteiger partial charge < -0.3 is 15.5 Å². The van der Waals surface area contributed by atoms with Crippen molar-refractivity contribution in [3.8, 4) is 0 Å². The van der Waals surface area contributed by atoms with Gasteiger partial charge in [0.15, 0.2) is 0 Å². The van der Waals surface area contributed by atoms with Crippen LogP contribution in [0.4, 0.5) is 5.69 Å². The van der Waals surface area contributed by atoms with Crippen LogP contribution >= 0.6 is 0 Å². The Labute approximate surface area is 117 Å². The molecule has 2 aromatic heterocycles. The number of rotatable bonds is 5. The summed E-state index contributed by atoms with van der Waals surface area (Å²) in [5.74, 6) is 0.766. The van der Waals surface area contributed by atoms with Gasteiger partial charge in [0.25, 0.3) is 0 Å². The van der Waals surface area contributed by atoms with E-state index < -0.39 is 0 Å². The molecule has 6 nitrogen and oxygen atoms in total. The molecule has 0 saturated heterocycles. The highest BCUT2D eigenvalue weighted by atomic mass is 16.3. The molecule has 0 radical (unpaired) electrons. The van der Waals surface area contributed by atoms with Gasteiger partial charge in [0.1, 0.15) is 12.3 Å². The monoisotopic (exact) mass is 276 g/mol. The number of aromatic nitrogens is 2. The number of furan rings is 1. The number of nitrogens with zero attached hydrogens (tertiary/aromatic N) is 2. The van der Waals surface area contributed by atoms with Crippen molar-refractivity contribution in [3.63, 3.8) is 0 Å². The van der Waals surface area contributed by atoms with Gasteiger partial charge in [0.05, 0.1) is 23.3 Å². The fourth-order valence-corrected chi connectivity index (χ4v) is 2.10. The molecule has 0 spiro atoms. The Morgan fingerprint density at radius 2 is 2.30 bits per heavy atom. The number of carbonyl (C=O) groups is 1. The van der Waals surface area contributed by atoms with Gasteiger partial charge in [-0.15, -0.1) is 0 Å². The lowest BCUT2D eigenvalue weighted by Gasteiger charge is -2.13. The van der Waals surface area contributed by atoms with Gasteiger partial charge in [-0.1, -0.05) is 0 Å². The minimum Gasteiger partial charge on any atom is -0.469 e. The zero-order valence-electron chi connectivity index (χ0n) is 12.0. The van der Waals surface area contributed by atoms with Crippen LogP contribution in [0.3, 0.4) is 0 Å². The van der Waals surface area contributed by atoms with Crippen LogP contribution in [0.5, 0.6) is 0 Å². The predicted molar refractivity (Wildman–Crippen MR) is 76.1 cm³/mol. The quantitative estimate of drug-likeness (QED) is 0.864. The molecule has 2 aromatic rings. The molecule has 0 aromatic carbocycles. The topological polar surface area (TPSA) is 86.1 Å². The Morgan fingerprint density at radius 1 is 1.55 bits per heavy atom. The van der Waals surface area contributed by atoms with E-state index in [9.17, 15) is 4.79 Å². The lowest BCUT2D eigenvalue weighted by atomic mass is 10.2. The molecule has 0 saturated carbocycles. The number of nitrogens with two attached hydrogens (primary N) is 1. The summed E-state index contributed by atoms with van der Waals surface area (Å²) in [6.07, 6.45) is 2.29. The Morgan fingerprint density at radius 3 is 2.85 bits per heavy atom. The Bertz CT molecular complexity index is 587. The lowest BCUT2D eigenvalue weighted by molar-refractivity contribution is -0.122. The van der Waals surface area contributed by atoms with E-state index >= 15 is 0 Å². The molecule has 20 heavy (non-hydrogen) atoms. The Kier molecular flexibility index (Phi) is 4.12. The highest BCUT2D eigenvalue weighted by Gasteiger charge is 2.14. The Balaban J connectivity index is 1.90. The number of carbonyl (C=O) groups excluding carboxylic acids is 1. The first-order valence-electron chi connectivity index (χ1n) is 6.58. The van der Waals surface area contributed by atoms with Crippen LogP contribution < -0.4 is 11.1 Å². The highest BCUT2D eigenvalue weighted by Crippen LogP contribution is 2.14. The van der Waals surface area contributed by atoms with E-state index in [4.69, 9.17) is 10.2 Å². The molecule has 6 heteroatoms. The number of anilines is 1. The summed E-state index contributed by atoms with van der Waals surface area (Å²) in [4.78, 5) is 12.0. The van der Waals surface area contributed by atoms with Crippen LogP contribution in [0.25, 0.3) is 0 Å². The molecule has 2 rings (SSSR count). The average molecular weight is 276 g/mol. The molecule has 3 N–H and O–H groups in total. The second kappa shape index (κ2) is 5.81. The minimum atomic E-state index is -0.0883. The van der Waals surface area contributed by atoms with Crippen molar-refractivity contribution in [1.82, 2.24) is 15.1 Å². The summed E-state index contributed by atoms with van der Waals surface area (Å²) in [7, 11) is 0. The summed E-state index contributed by atoms with van der Waals surface area (Å²) in [6.45, 7) is 5.80. The van der Waals surface area contributed by atoms with E-state index in [0.29, 0.717) is 12.1 Å². The maximum Gasteiger partial charge on any atom is 0.241 e. The fraction of sp³-hybridized carbons (Fsp3) is 0.429. The third-order valence-corrected chi connectivity index (χ3v) is 3.23. The zero-order valence-corrected chi connectivity index (χ0v) is 12.0. The van der Waals surface area contributed by atoms with Crippen molar-refractivity contribution >= 4 is 11.6 Å².